The highest BCUT2D eigenvalue weighted by Gasteiger charge is 2.18. The molecule has 7 heteroatoms. The van der Waals surface area contributed by atoms with Crippen molar-refractivity contribution in [2.24, 2.45) is 0 Å². The van der Waals surface area contributed by atoms with E-state index in [-0.39, 0.29) is 0 Å². The lowest BCUT2D eigenvalue weighted by molar-refractivity contribution is 0.0392. The molecule has 1 saturated heterocycles. The zero-order valence-corrected chi connectivity index (χ0v) is 14.4. The first-order chi connectivity index (χ1) is 11.1. The zero-order chi connectivity index (χ0) is 16.8. The van der Waals surface area contributed by atoms with Crippen molar-refractivity contribution in [3.8, 4) is 12.1 Å². The number of hydrogen-bond acceptors (Lipinski definition) is 6. The average Bonchev–Trinajstić information content (AvgIpc) is 2.59. The second kappa shape index (κ2) is 8.07. The summed E-state index contributed by atoms with van der Waals surface area (Å²) in [6, 6.07) is 4.34. The van der Waals surface area contributed by atoms with Crippen LogP contribution in [-0.2, 0) is 11.2 Å². The van der Waals surface area contributed by atoms with Crippen molar-refractivity contribution in [2.75, 3.05) is 51.3 Å². The predicted octanol–water partition coefficient (Wildman–Crippen LogP) is 1.82. The maximum atomic E-state index is 9.54. The van der Waals surface area contributed by atoms with E-state index in [2.05, 4.69) is 22.0 Å². The van der Waals surface area contributed by atoms with Gasteiger partial charge in [-0.25, -0.2) is 0 Å². The van der Waals surface area contributed by atoms with E-state index in [4.69, 9.17) is 17.0 Å². The fourth-order valence-electron chi connectivity index (χ4n) is 2.74. The molecule has 1 aromatic heterocycles. The molecular formula is C16H21N5OS. The highest BCUT2D eigenvalue weighted by Crippen LogP contribution is 2.24. The number of nitrogens with one attached hydrogen (secondary N) is 1. The molecule has 0 atom stereocenters. The van der Waals surface area contributed by atoms with Gasteiger partial charge in [0, 0.05) is 33.2 Å². The van der Waals surface area contributed by atoms with Crippen LogP contribution in [0, 0.1) is 27.3 Å². The van der Waals surface area contributed by atoms with E-state index in [0.29, 0.717) is 28.0 Å². The summed E-state index contributed by atoms with van der Waals surface area (Å²) in [6.07, 6.45) is 0.606. The maximum absolute atomic E-state index is 9.54. The first-order valence-electron chi connectivity index (χ1n) is 7.73. The number of morpholine rings is 1. The lowest BCUT2D eigenvalue weighted by atomic mass is 10.0. The number of hydrogen-bond donors (Lipinski definition) is 1. The molecule has 122 valence electrons. The van der Waals surface area contributed by atoms with Gasteiger partial charge in [0.2, 0.25) is 0 Å². The van der Waals surface area contributed by atoms with Crippen molar-refractivity contribution in [3.63, 3.8) is 0 Å². The van der Waals surface area contributed by atoms with Crippen LogP contribution >= 0.6 is 12.2 Å². The van der Waals surface area contributed by atoms with E-state index in [1.165, 1.54) is 0 Å². The zero-order valence-electron chi connectivity index (χ0n) is 13.6. The van der Waals surface area contributed by atoms with Gasteiger partial charge in [-0.3, -0.25) is 4.90 Å². The number of aromatic nitrogens is 1. The molecule has 0 spiro atoms. The first kappa shape index (κ1) is 17.4. The molecule has 6 nitrogen and oxygen atoms in total. The van der Waals surface area contributed by atoms with Crippen LogP contribution in [0.2, 0.25) is 0 Å². The minimum atomic E-state index is 0.400. The van der Waals surface area contributed by atoms with Crippen LogP contribution in [0.15, 0.2) is 0 Å². The molecule has 2 rings (SSSR count). The second-order valence-corrected chi connectivity index (χ2v) is 5.89. The Kier molecular flexibility index (Phi) is 6.12. The van der Waals surface area contributed by atoms with Gasteiger partial charge >= 0.3 is 0 Å². The number of pyridine rings is 1. The Morgan fingerprint density at radius 1 is 1.26 bits per heavy atom. The van der Waals surface area contributed by atoms with Crippen LogP contribution in [0.5, 0.6) is 0 Å². The third kappa shape index (κ3) is 3.89. The minimum Gasteiger partial charge on any atom is -0.379 e. The summed E-state index contributed by atoms with van der Waals surface area (Å²) in [7, 11) is 1.94. The van der Waals surface area contributed by atoms with Gasteiger partial charge in [-0.1, -0.05) is 19.1 Å². The van der Waals surface area contributed by atoms with Crippen molar-refractivity contribution >= 4 is 18.0 Å². The molecule has 0 amide bonds. The van der Waals surface area contributed by atoms with Crippen LogP contribution in [-0.4, -0.2) is 56.3 Å². The lowest BCUT2D eigenvalue weighted by Gasteiger charge is -2.29. The summed E-state index contributed by atoms with van der Waals surface area (Å²) in [5, 5.41) is 18.8. The number of likely N-dealkylation sites (N-methyl/N-ethyl adjacent to an activating group) is 1. The number of H-pyrrole nitrogens is 1. The Bertz CT molecular complexity index is 694. The smallest absolute Gasteiger partial charge is 0.125 e. The number of ether oxygens (including phenoxy) is 1. The first-order valence-corrected chi connectivity index (χ1v) is 8.13. The Morgan fingerprint density at radius 2 is 1.91 bits per heavy atom. The number of rotatable bonds is 5. The monoisotopic (exact) mass is 331 g/mol. The number of nitriles is 2. The minimum absolute atomic E-state index is 0.400. The van der Waals surface area contributed by atoms with Crippen LogP contribution in [0.25, 0.3) is 0 Å². The third-order valence-electron chi connectivity index (χ3n) is 4.11. The lowest BCUT2D eigenvalue weighted by Crippen LogP contribution is -2.41. The molecule has 0 aromatic carbocycles. The predicted molar refractivity (Wildman–Crippen MR) is 91.0 cm³/mol. The van der Waals surface area contributed by atoms with Gasteiger partial charge < -0.3 is 14.6 Å². The molecule has 0 unspecified atom stereocenters. The van der Waals surface area contributed by atoms with Crippen molar-refractivity contribution < 1.29 is 4.74 Å². The Hall–Kier alpha value is -1.93. The Balaban J connectivity index is 2.24. The number of anilines is 1. The average molecular weight is 331 g/mol. The van der Waals surface area contributed by atoms with Gasteiger partial charge in [-0.15, -0.1) is 0 Å². The molecule has 2 heterocycles. The molecular weight excluding hydrogens is 310 g/mol. The molecule has 1 aliphatic rings. The van der Waals surface area contributed by atoms with Crippen LogP contribution in [0.1, 0.15) is 23.6 Å². The van der Waals surface area contributed by atoms with Crippen LogP contribution < -0.4 is 4.90 Å². The Labute approximate surface area is 141 Å². The van der Waals surface area contributed by atoms with Crippen LogP contribution in [0.3, 0.4) is 0 Å². The molecule has 1 N–H and O–H groups in total. The fourth-order valence-corrected chi connectivity index (χ4v) is 3.01. The molecule has 0 saturated carbocycles. The van der Waals surface area contributed by atoms with Gasteiger partial charge in [0.1, 0.15) is 22.6 Å². The molecule has 1 fully saturated rings. The van der Waals surface area contributed by atoms with E-state index in [0.717, 1.165) is 45.0 Å². The molecule has 0 aliphatic carbocycles. The van der Waals surface area contributed by atoms with E-state index < -0.39 is 0 Å². The van der Waals surface area contributed by atoms with Gasteiger partial charge in [0.05, 0.1) is 24.3 Å². The van der Waals surface area contributed by atoms with Crippen LogP contribution in [0.4, 0.5) is 5.82 Å². The number of aromatic amines is 1. The van der Waals surface area contributed by atoms with E-state index >= 15 is 0 Å². The summed E-state index contributed by atoms with van der Waals surface area (Å²) in [6.45, 7) is 7.01. The summed E-state index contributed by atoms with van der Waals surface area (Å²) < 4.78 is 5.75. The van der Waals surface area contributed by atoms with E-state index in [9.17, 15) is 10.5 Å². The van der Waals surface area contributed by atoms with Crippen molar-refractivity contribution in [1.29, 1.82) is 10.5 Å². The van der Waals surface area contributed by atoms with Crippen molar-refractivity contribution in [3.05, 3.63) is 21.3 Å². The van der Waals surface area contributed by atoms with Gasteiger partial charge in [0.25, 0.3) is 0 Å². The summed E-state index contributed by atoms with van der Waals surface area (Å²) >= 11 is 5.29. The number of nitrogens with zero attached hydrogens (tertiary/aromatic N) is 4. The second-order valence-electron chi connectivity index (χ2n) is 5.48. The highest BCUT2D eigenvalue weighted by atomic mass is 32.1. The van der Waals surface area contributed by atoms with E-state index in [1.54, 1.807) is 0 Å². The largest absolute Gasteiger partial charge is 0.379 e. The summed E-state index contributed by atoms with van der Waals surface area (Å²) in [5.41, 5.74) is 1.65. The van der Waals surface area contributed by atoms with E-state index in [1.807, 2.05) is 18.9 Å². The molecule has 0 bridgehead atoms. The van der Waals surface area contributed by atoms with Gasteiger partial charge in [-0.2, -0.15) is 10.5 Å². The summed E-state index contributed by atoms with van der Waals surface area (Å²) in [4.78, 5) is 7.40. The SMILES string of the molecule is CCc1c(C#N)c(N(C)CCN2CCOCC2)[nH]c(=S)c1C#N. The summed E-state index contributed by atoms with van der Waals surface area (Å²) in [5.74, 6) is 0.696. The topological polar surface area (TPSA) is 79.1 Å². The van der Waals surface area contributed by atoms with Gasteiger partial charge in [-0.05, 0) is 12.0 Å². The standard InChI is InChI=1S/C16H21N5OS/c1-3-12-13(10-17)15(19-16(23)14(12)11-18)20(2)4-5-21-6-8-22-9-7-21/h3-9H2,1-2H3,(H,19,23). The van der Waals surface area contributed by atoms with Crippen molar-refractivity contribution in [2.45, 2.75) is 13.3 Å². The van der Waals surface area contributed by atoms with Gasteiger partial charge in [0.15, 0.2) is 0 Å². The quantitative estimate of drug-likeness (QED) is 0.829. The maximum Gasteiger partial charge on any atom is 0.125 e. The highest BCUT2D eigenvalue weighted by molar-refractivity contribution is 7.71. The Morgan fingerprint density at radius 3 is 2.48 bits per heavy atom. The fraction of sp³-hybridized carbons (Fsp3) is 0.562. The molecule has 23 heavy (non-hydrogen) atoms. The van der Waals surface area contributed by atoms with Crippen molar-refractivity contribution in [1.82, 2.24) is 9.88 Å². The molecule has 1 aliphatic heterocycles. The normalized spacial score (nSPS) is 15.0. The third-order valence-corrected chi connectivity index (χ3v) is 4.42. The molecule has 0 radical (unpaired) electrons. The molecule has 1 aromatic rings.